The second kappa shape index (κ2) is 4.50. The van der Waals surface area contributed by atoms with E-state index in [1.807, 2.05) is 23.6 Å². The highest BCUT2D eigenvalue weighted by molar-refractivity contribution is 7.13. The Bertz CT molecular complexity index is 661. The fourth-order valence-electron chi connectivity index (χ4n) is 1.59. The van der Waals surface area contributed by atoms with E-state index in [1.54, 1.807) is 23.3 Å². The van der Waals surface area contributed by atoms with Gasteiger partial charge in [-0.05, 0) is 12.1 Å². The van der Waals surface area contributed by atoms with Gasteiger partial charge in [-0.3, -0.25) is 4.79 Å². The van der Waals surface area contributed by atoms with Crippen LogP contribution in [0.1, 0.15) is 10.4 Å². The van der Waals surface area contributed by atoms with Crippen LogP contribution in [0.4, 0.5) is 0 Å². The standard InChI is InChI=1S/C12H8N4OS/c17-8-9-7-16(10-3-1-2-4-13-10)15-11(9)12-14-5-6-18-12/h1-8H. The summed E-state index contributed by atoms with van der Waals surface area (Å²) >= 11 is 1.45. The smallest absolute Gasteiger partial charge is 0.153 e. The lowest BCUT2D eigenvalue weighted by atomic mass is 10.3. The van der Waals surface area contributed by atoms with E-state index in [9.17, 15) is 4.79 Å². The molecule has 6 heteroatoms. The van der Waals surface area contributed by atoms with E-state index in [0.717, 1.165) is 11.3 Å². The summed E-state index contributed by atoms with van der Waals surface area (Å²) in [5, 5.41) is 6.94. The molecule has 0 aromatic carbocycles. The molecule has 18 heavy (non-hydrogen) atoms. The molecule has 0 radical (unpaired) electrons. The maximum atomic E-state index is 11.1. The number of nitrogens with zero attached hydrogens (tertiary/aromatic N) is 4. The molecule has 3 heterocycles. The Morgan fingerprint density at radius 3 is 2.83 bits per heavy atom. The summed E-state index contributed by atoms with van der Waals surface area (Å²) < 4.78 is 1.58. The molecular formula is C12H8N4OS. The summed E-state index contributed by atoms with van der Waals surface area (Å²) in [7, 11) is 0. The third-order valence-electron chi connectivity index (χ3n) is 2.39. The maximum Gasteiger partial charge on any atom is 0.153 e. The van der Waals surface area contributed by atoms with Gasteiger partial charge in [-0.1, -0.05) is 6.07 Å². The van der Waals surface area contributed by atoms with Crippen LogP contribution in [-0.4, -0.2) is 26.0 Å². The van der Waals surface area contributed by atoms with E-state index in [4.69, 9.17) is 0 Å². The Kier molecular flexibility index (Phi) is 2.70. The summed E-state index contributed by atoms with van der Waals surface area (Å²) in [5.41, 5.74) is 1.10. The molecule has 0 bridgehead atoms. The summed E-state index contributed by atoms with van der Waals surface area (Å²) in [4.78, 5) is 19.4. The minimum atomic E-state index is 0.510. The highest BCUT2D eigenvalue weighted by Gasteiger charge is 2.13. The second-order valence-electron chi connectivity index (χ2n) is 3.52. The highest BCUT2D eigenvalue weighted by atomic mass is 32.1. The van der Waals surface area contributed by atoms with Crippen molar-refractivity contribution in [3.63, 3.8) is 0 Å². The number of carbonyl (C=O) groups excluding carboxylic acids is 1. The predicted octanol–water partition coefficient (Wildman–Crippen LogP) is 2.20. The number of hydrogen-bond donors (Lipinski definition) is 0. The molecule has 0 fully saturated rings. The van der Waals surface area contributed by atoms with Gasteiger partial charge in [0, 0.05) is 24.0 Å². The molecule has 3 rings (SSSR count). The molecule has 0 saturated heterocycles. The van der Waals surface area contributed by atoms with Gasteiger partial charge in [-0.15, -0.1) is 11.3 Å². The lowest BCUT2D eigenvalue weighted by Gasteiger charge is -1.97. The third kappa shape index (κ3) is 1.82. The second-order valence-corrected chi connectivity index (χ2v) is 4.42. The number of pyridine rings is 1. The minimum Gasteiger partial charge on any atom is -0.298 e. The van der Waals surface area contributed by atoms with Crippen molar-refractivity contribution in [2.45, 2.75) is 0 Å². The van der Waals surface area contributed by atoms with E-state index < -0.39 is 0 Å². The van der Waals surface area contributed by atoms with Gasteiger partial charge in [0.25, 0.3) is 0 Å². The van der Waals surface area contributed by atoms with Gasteiger partial charge in [-0.2, -0.15) is 5.10 Å². The SMILES string of the molecule is O=Cc1cn(-c2ccccn2)nc1-c1nccs1. The maximum absolute atomic E-state index is 11.1. The zero-order valence-corrected chi connectivity index (χ0v) is 10.0. The lowest BCUT2D eigenvalue weighted by Crippen LogP contribution is -1.96. The zero-order chi connectivity index (χ0) is 12.4. The van der Waals surface area contributed by atoms with Crippen molar-refractivity contribution in [1.29, 1.82) is 0 Å². The van der Waals surface area contributed by atoms with Crippen molar-refractivity contribution in [2.24, 2.45) is 0 Å². The van der Waals surface area contributed by atoms with E-state index in [0.29, 0.717) is 17.1 Å². The Labute approximate surface area is 107 Å². The van der Waals surface area contributed by atoms with Gasteiger partial charge in [0.15, 0.2) is 12.1 Å². The van der Waals surface area contributed by atoms with Gasteiger partial charge in [0.05, 0.1) is 5.56 Å². The highest BCUT2D eigenvalue weighted by Crippen LogP contribution is 2.23. The number of aldehydes is 1. The number of carbonyl (C=O) groups is 1. The normalized spacial score (nSPS) is 10.4. The van der Waals surface area contributed by atoms with Crippen LogP contribution in [0.2, 0.25) is 0 Å². The van der Waals surface area contributed by atoms with Crippen LogP contribution in [-0.2, 0) is 0 Å². The van der Waals surface area contributed by atoms with Crippen molar-refractivity contribution in [1.82, 2.24) is 19.7 Å². The molecule has 0 atom stereocenters. The molecule has 3 aromatic rings. The van der Waals surface area contributed by atoms with Crippen molar-refractivity contribution >= 4 is 17.6 Å². The molecule has 0 amide bonds. The van der Waals surface area contributed by atoms with Crippen LogP contribution in [0.15, 0.2) is 42.2 Å². The third-order valence-corrected chi connectivity index (χ3v) is 3.17. The zero-order valence-electron chi connectivity index (χ0n) is 9.22. The molecule has 88 valence electrons. The molecule has 0 saturated carbocycles. The first-order valence-electron chi connectivity index (χ1n) is 5.24. The van der Waals surface area contributed by atoms with Gasteiger partial charge >= 0.3 is 0 Å². The average molecular weight is 256 g/mol. The molecule has 0 N–H and O–H groups in total. The fraction of sp³-hybridized carbons (Fsp3) is 0. The molecule has 5 nitrogen and oxygen atoms in total. The van der Waals surface area contributed by atoms with Gasteiger partial charge in [0.1, 0.15) is 10.7 Å². The molecule has 0 aliphatic rings. The van der Waals surface area contributed by atoms with Crippen LogP contribution in [0.3, 0.4) is 0 Å². The van der Waals surface area contributed by atoms with E-state index in [1.165, 1.54) is 11.3 Å². The Hall–Kier alpha value is -2.34. The van der Waals surface area contributed by atoms with E-state index in [2.05, 4.69) is 15.1 Å². The minimum absolute atomic E-state index is 0.510. The Morgan fingerprint density at radius 1 is 1.22 bits per heavy atom. The summed E-state index contributed by atoms with van der Waals surface area (Å²) in [6, 6.07) is 5.52. The van der Waals surface area contributed by atoms with Crippen molar-refractivity contribution < 1.29 is 4.79 Å². The quantitative estimate of drug-likeness (QED) is 0.674. The molecule has 0 aliphatic heterocycles. The molecule has 0 unspecified atom stereocenters. The number of hydrogen-bond acceptors (Lipinski definition) is 5. The van der Waals surface area contributed by atoms with Gasteiger partial charge in [0.2, 0.25) is 0 Å². The van der Waals surface area contributed by atoms with Crippen molar-refractivity contribution in [2.75, 3.05) is 0 Å². The first kappa shape index (κ1) is 10.8. The van der Waals surface area contributed by atoms with Crippen LogP contribution in [0.25, 0.3) is 16.5 Å². The Morgan fingerprint density at radius 2 is 2.17 bits per heavy atom. The first-order chi connectivity index (χ1) is 8.88. The topological polar surface area (TPSA) is 60.7 Å². The van der Waals surface area contributed by atoms with E-state index >= 15 is 0 Å². The molecular weight excluding hydrogens is 248 g/mol. The van der Waals surface area contributed by atoms with Crippen LogP contribution >= 0.6 is 11.3 Å². The number of aromatic nitrogens is 4. The van der Waals surface area contributed by atoms with Gasteiger partial charge in [-0.25, -0.2) is 14.6 Å². The summed E-state index contributed by atoms with van der Waals surface area (Å²) in [6.45, 7) is 0. The van der Waals surface area contributed by atoms with Crippen LogP contribution in [0, 0.1) is 0 Å². The lowest BCUT2D eigenvalue weighted by molar-refractivity contribution is 0.112. The monoisotopic (exact) mass is 256 g/mol. The Balaban J connectivity index is 2.12. The van der Waals surface area contributed by atoms with Crippen molar-refractivity contribution in [3.05, 3.63) is 47.7 Å². The fourth-order valence-corrected chi connectivity index (χ4v) is 2.23. The molecule has 3 aromatic heterocycles. The largest absolute Gasteiger partial charge is 0.298 e. The summed E-state index contributed by atoms with van der Waals surface area (Å²) in [5.74, 6) is 0.670. The van der Waals surface area contributed by atoms with Gasteiger partial charge < -0.3 is 0 Å². The van der Waals surface area contributed by atoms with E-state index in [-0.39, 0.29) is 0 Å². The van der Waals surface area contributed by atoms with Crippen LogP contribution in [0.5, 0.6) is 0 Å². The average Bonchev–Trinajstić information content (AvgIpc) is 3.08. The van der Waals surface area contributed by atoms with Crippen LogP contribution < -0.4 is 0 Å². The number of rotatable bonds is 3. The predicted molar refractivity (Wildman–Crippen MR) is 67.9 cm³/mol. The van der Waals surface area contributed by atoms with Crippen molar-refractivity contribution in [3.8, 4) is 16.5 Å². The number of thiazole rings is 1. The molecule has 0 aliphatic carbocycles. The summed E-state index contributed by atoms with van der Waals surface area (Å²) in [6.07, 6.45) is 5.81. The molecule has 0 spiro atoms. The first-order valence-corrected chi connectivity index (χ1v) is 6.12.